The molecule has 0 heterocycles. The number of ether oxygens (including phenoxy) is 1. The van der Waals surface area contributed by atoms with E-state index in [1.807, 2.05) is 0 Å². The number of hydrogen-bond donors (Lipinski definition) is 1. The zero-order valence-electron chi connectivity index (χ0n) is 13.6. The number of carbonyl (C=O) groups excluding carboxylic acids is 1. The van der Waals surface area contributed by atoms with E-state index in [0.29, 0.717) is 5.56 Å². The molecule has 0 aliphatic rings. The van der Waals surface area contributed by atoms with E-state index >= 15 is 0 Å². The van der Waals surface area contributed by atoms with Gasteiger partial charge in [-0.25, -0.2) is 5.43 Å². The molecule has 0 fully saturated rings. The van der Waals surface area contributed by atoms with Crippen LogP contribution in [0.3, 0.4) is 0 Å². The molecule has 10 heteroatoms. The number of nitrogens with zero attached hydrogens (tertiary/aromatic N) is 3. The fraction of sp³-hybridized carbons (Fsp3) is 0.125. The maximum atomic E-state index is 11.9. The summed E-state index contributed by atoms with van der Waals surface area (Å²) in [6.45, 7) is 0. The molecule has 0 unspecified atom stereocenters. The van der Waals surface area contributed by atoms with Gasteiger partial charge in [-0.3, -0.25) is 25.0 Å². The van der Waals surface area contributed by atoms with E-state index in [1.54, 1.807) is 6.07 Å². The number of benzene rings is 2. The Kier molecular flexibility index (Phi) is 5.93. The first-order valence-electron chi connectivity index (χ1n) is 7.29. The summed E-state index contributed by atoms with van der Waals surface area (Å²) in [5, 5.41) is 25.6. The van der Waals surface area contributed by atoms with Crippen LogP contribution >= 0.6 is 0 Å². The highest BCUT2D eigenvalue weighted by Gasteiger charge is 2.16. The number of methoxy groups -OCH3 is 1. The van der Waals surface area contributed by atoms with E-state index in [4.69, 9.17) is 4.74 Å². The number of hydrogen-bond acceptors (Lipinski definition) is 7. The summed E-state index contributed by atoms with van der Waals surface area (Å²) < 4.78 is 4.89. The smallest absolute Gasteiger partial charge is 0.311 e. The predicted octanol–water partition coefficient (Wildman–Crippen LogP) is 2.20. The molecule has 0 bridgehead atoms. The third-order valence-corrected chi connectivity index (χ3v) is 3.34. The summed E-state index contributed by atoms with van der Waals surface area (Å²) in [7, 11) is 1.32. The lowest BCUT2D eigenvalue weighted by Gasteiger charge is -2.03. The lowest BCUT2D eigenvalue weighted by molar-refractivity contribution is -0.385. The minimum atomic E-state index is -0.594. The van der Waals surface area contributed by atoms with Crippen molar-refractivity contribution in [3.8, 4) is 5.75 Å². The summed E-state index contributed by atoms with van der Waals surface area (Å²) in [5.74, 6) is -0.453. The monoisotopic (exact) mass is 358 g/mol. The molecule has 2 aromatic carbocycles. The molecule has 0 aromatic heterocycles. The maximum Gasteiger partial charge on any atom is 0.311 e. The number of rotatable bonds is 7. The number of nitro groups is 2. The molecule has 0 saturated carbocycles. The maximum absolute atomic E-state index is 11.9. The fourth-order valence-corrected chi connectivity index (χ4v) is 2.16. The number of amides is 1. The average Bonchev–Trinajstić information content (AvgIpc) is 2.61. The molecule has 0 radical (unpaired) electrons. The highest BCUT2D eigenvalue weighted by Crippen LogP contribution is 2.26. The summed E-state index contributed by atoms with van der Waals surface area (Å²) in [4.78, 5) is 32.6. The number of nitro benzene ring substituents is 2. The third-order valence-electron chi connectivity index (χ3n) is 3.34. The van der Waals surface area contributed by atoms with Crippen LogP contribution in [0.15, 0.2) is 47.6 Å². The van der Waals surface area contributed by atoms with Crippen molar-refractivity contribution in [3.63, 3.8) is 0 Å². The van der Waals surface area contributed by atoms with Gasteiger partial charge in [0.05, 0.1) is 29.6 Å². The number of hydrazone groups is 1. The molecule has 0 aliphatic carbocycles. The summed E-state index contributed by atoms with van der Waals surface area (Å²) >= 11 is 0. The van der Waals surface area contributed by atoms with Crippen molar-refractivity contribution in [3.05, 3.63) is 73.8 Å². The topological polar surface area (TPSA) is 137 Å². The van der Waals surface area contributed by atoms with Crippen molar-refractivity contribution in [2.24, 2.45) is 5.10 Å². The standard InChI is InChI=1S/C16H14N4O6/c1-26-15-7-6-11(8-14(15)20(24)25)10-17-18-16(21)9-12-4-2-3-5-13(12)19(22)23/h2-8,10H,9H2,1H3,(H,18,21). The Morgan fingerprint density at radius 1 is 1.15 bits per heavy atom. The Morgan fingerprint density at radius 3 is 2.50 bits per heavy atom. The van der Waals surface area contributed by atoms with Gasteiger partial charge in [-0.05, 0) is 12.1 Å². The van der Waals surface area contributed by atoms with Crippen LogP contribution in [-0.4, -0.2) is 29.1 Å². The van der Waals surface area contributed by atoms with Gasteiger partial charge in [0.1, 0.15) is 0 Å². The zero-order chi connectivity index (χ0) is 19.1. The van der Waals surface area contributed by atoms with Crippen molar-refractivity contribution in [2.75, 3.05) is 7.11 Å². The van der Waals surface area contributed by atoms with Gasteiger partial charge >= 0.3 is 5.69 Å². The summed E-state index contributed by atoms with van der Waals surface area (Å²) in [5.41, 5.74) is 2.47. The van der Waals surface area contributed by atoms with Crippen LogP contribution in [0.4, 0.5) is 11.4 Å². The molecule has 2 rings (SSSR count). The van der Waals surface area contributed by atoms with Gasteiger partial charge in [0.25, 0.3) is 5.69 Å². The van der Waals surface area contributed by atoms with Gasteiger partial charge in [0.2, 0.25) is 5.91 Å². The van der Waals surface area contributed by atoms with Crippen LogP contribution in [0.1, 0.15) is 11.1 Å². The Hall–Kier alpha value is -3.82. The fourth-order valence-electron chi connectivity index (χ4n) is 2.16. The minimum Gasteiger partial charge on any atom is -0.490 e. The molecule has 2 aromatic rings. The quantitative estimate of drug-likeness (QED) is 0.457. The molecule has 26 heavy (non-hydrogen) atoms. The van der Waals surface area contributed by atoms with Crippen LogP contribution in [0.5, 0.6) is 5.75 Å². The Bertz CT molecular complexity index is 881. The Morgan fingerprint density at radius 2 is 1.85 bits per heavy atom. The van der Waals surface area contributed by atoms with Crippen molar-refractivity contribution < 1.29 is 19.4 Å². The molecule has 0 aliphatic heterocycles. The van der Waals surface area contributed by atoms with E-state index < -0.39 is 15.8 Å². The molecule has 0 saturated heterocycles. The van der Waals surface area contributed by atoms with Crippen molar-refractivity contribution in [1.29, 1.82) is 0 Å². The lowest BCUT2D eigenvalue weighted by atomic mass is 10.1. The SMILES string of the molecule is COc1ccc(C=NNC(=O)Cc2ccccc2[N+](=O)[O-])cc1[N+](=O)[O-]. The molecular formula is C16H14N4O6. The predicted molar refractivity (Wildman–Crippen MR) is 92.2 cm³/mol. The van der Waals surface area contributed by atoms with Crippen LogP contribution < -0.4 is 10.2 Å². The first-order chi connectivity index (χ1) is 12.4. The zero-order valence-corrected chi connectivity index (χ0v) is 13.6. The second-order valence-electron chi connectivity index (χ2n) is 5.04. The van der Waals surface area contributed by atoms with E-state index in [9.17, 15) is 25.0 Å². The average molecular weight is 358 g/mol. The van der Waals surface area contributed by atoms with Gasteiger partial charge in [-0.15, -0.1) is 0 Å². The van der Waals surface area contributed by atoms with Crippen LogP contribution in [0.2, 0.25) is 0 Å². The first kappa shape index (κ1) is 18.5. The van der Waals surface area contributed by atoms with Crippen molar-refractivity contribution in [2.45, 2.75) is 6.42 Å². The van der Waals surface area contributed by atoms with Gasteiger partial charge in [-0.2, -0.15) is 5.10 Å². The molecule has 1 amide bonds. The van der Waals surface area contributed by atoms with Crippen LogP contribution in [-0.2, 0) is 11.2 Å². The van der Waals surface area contributed by atoms with Crippen LogP contribution in [0.25, 0.3) is 0 Å². The summed E-state index contributed by atoms with van der Waals surface area (Å²) in [6, 6.07) is 10.1. The second-order valence-corrected chi connectivity index (χ2v) is 5.04. The van der Waals surface area contributed by atoms with Crippen molar-refractivity contribution in [1.82, 2.24) is 5.43 Å². The van der Waals surface area contributed by atoms with E-state index in [2.05, 4.69) is 10.5 Å². The number of carbonyl (C=O) groups is 1. The third kappa shape index (κ3) is 4.60. The number of para-hydroxylation sites is 1. The highest BCUT2D eigenvalue weighted by molar-refractivity contribution is 5.84. The van der Waals surface area contributed by atoms with Gasteiger partial charge in [0.15, 0.2) is 5.75 Å². The Labute approximate surface area is 147 Å². The van der Waals surface area contributed by atoms with E-state index in [0.717, 1.165) is 0 Å². The van der Waals surface area contributed by atoms with Crippen LogP contribution in [0, 0.1) is 20.2 Å². The molecule has 134 valence electrons. The molecular weight excluding hydrogens is 344 g/mol. The molecule has 0 atom stereocenters. The molecule has 10 nitrogen and oxygen atoms in total. The molecule has 0 spiro atoms. The molecule has 1 N–H and O–H groups in total. The van der Waals surface area contributed by atoms with Gasteiger partial charge in [-0.1, -0.05) is 18.2 Å². The minimum absolute atomic E-state index is 0.104. The van der Waals surface area contributed by atoms with Gasteiger partial charge in [0, 0.05) is 23.3 Å². The normalized spacial score (nSPS) is 10.5. The lowest BCUT2D eigenvalue weighted by Crippen LogP contribution is -2.20. The van der Waals surface area contributed by atoms with E-state index in [-0.39, 0.29) is 29.1 Å². The van der Waals surface area contributed by atoms with Gasteiger partial charge < -0.3 is 4.74 Å². The number of nitrogens with one attached hydrogen (secondary N) is 1. The first-order valence-corrected chi connectivity index (χ1v) is 7.29. The second kappa shape index (κ2) is 8.33. The largest absolute Gasteiger partial charge is 0.490 e. The van der Waals surface area contributed by atoms with E-state index in [1.165, 1.54) is 49.7 Å². The van der Waals surface area contributed by atoms with Crippen molar-refractivity contribution >= 4 is 23.5 Å². The Balaban J connectivity index is 2.05. The highest BCUT2D eigenvalue weighted by atomic mass is 16.6. The summed E-state index contributed by atoms with van der Waals surface area (Å²) in [6.07, 6.45) is 1.00.